The van der Waals surface area contributed by atoms with Gasteiger partial charge in [0.05, 0.1) is 8.65 Å². The summed E-state index contributed by atoms with van der Waals surface area (Å²) in [6, 6.07) is 0. The molecular weight excluding hydrogens is 312 g/mol. The van der Waals surface area contributed by atoms with Crippen LogP contribution in [0.1, 0.15) is 25.7 Å². The van der Waals surface area contributed by atoms with Crippen LogP contribution in [0.15, 0.2) is 0 Å². The van der Waals surface area contributed by atoms with Gasteiger partial charge in [-0.25, -0.2) is 0 Å². The number of carbonyl (C=O) groups excluding carboxylic acids is 2. The number of carbonyl (C=O) groups is 2. The Labute approximate surface area is 99.1 Å². The molecule has 4 saturated carbocycles. The van der Waals surface area contributed by atoms with Gasteiger partial charge < -0.3 is 0 Å². The second-order valence-corrected chi connectivity index (χ2v) is 7.91. The highest BCUT2D eigenvalue weighted by Crippen LogP contribution is 2.60. The molecule has 0 aromatic carbocycles. The van der Waals surface area contributed by atoms with Crippen LogP contribution < -0.4 is 0 Å². The minimum absolute atomic E-state index is 0.110. The van der Waals surface area contributed by atoms with Gasteiger partial charge in [0.2, 0.25) is 0 Å². The zero-order valence-corrected chi connectivity index (χ0v) is 10.7. The van der Waals surface area contributed by atoms with Crippen LogP contribution in [0.4, 0.5) is 0 Å². The number of hydrogen-bond acceptors (Lipinski definition) is 2. The number of Topliss-reactive ketones (excluding diaryl/α,β-unsaturated/α-hetero) is 2. The Kier molecular flexibility index (Phi) is 1.71. The van der Waals surface area contributed by atoms with E-state index in [9.17, 15) is 9.59 Å². The molecule has 14 heavy (non-hydrogen) atoms. The maximum atomic E-state index is 12.0. The summed E-state index contributed by atoms with van der Waals surface area (Å²) in [6.45, 7) is 0. The Bertz CT molecular complexity index is 322. The first-order chi connectivity index (χ1) is 6.45. The maximum absolute atomic E-state index is 12.0. The van der Waals surface area contributed by atoms with Crippen LogP contribution in [0.25, 0.3) is 0 Å². The Morgan fingerprint density at radius 3 is 1.79 bits per heavy atom. The fourth-order valence-electron chi connectivity index (χ4n) is 3.39. The second kappa shape index (κ2) is 2.51. The van der Waals surface area contributed by atoms with Crippen LogP contribution in [-0.4, -0.2) is 20.2 Å². The SMILES string of the molecule is O=C1[C@@H]2C[C@H]3C[C@@]1(Br)C[C@](Br)(C2)C3=O. The zero-order chi connectivity index (χ0) is 10.1. The monoisotopic (exact) mass is 320 g/mol. The first-order valence-electron chi connectivity index (χ1n) is 4.91. The van der Waals surface area contributed by atoms with Gasteiger partial charge in [0, 0.05) is 11.8 Å². The van der Waals surface area contributed by atoms with Crippen LogP contribution in [0.2, 0.25) is 0 Å². The standard InChI is InChI=1S/C10H10Br2O2/c11-9-2-5-1-6(8(9)14)3-10(12,4-9)7(5)13/h5-6H,1-4H2/t5-,6+,9-,10-/m1/s1. The molecule has 4 heteroatoms. The molecule has 0 spiro atoms. The lowest BCUT2D eigenvalue weighted by atomic mass is 9.55. The highest BCUT2D eigenvalue weighted by atomic mass is 79.9. The lowest BCUT2D eigenvalue weighted by Crippen LogP contribution is -2.64. The lowest BCUT2D eigenvalue weighted by Gasteiger charge is -2.55. The Balaban J connectivity index is 2.11. The van der Waals surface area contributed by atoms with Crippen molar-refractivity contribution in [2.24, 2.45) is 11.8 Å². The van der Waals surface area contributed by atoms with Crippen molar-refractivity contribution in [1.29, 1.82) is 0 Å². The number of hydrogen-bond donors (Lipinski definition) is 0. The van der Waals surface area contributed by atoms with Gasteiger partial charge in [-0.05, 0) is 25.7 Å². The van der Waals surface area contributed by atoms with E-state index < -0.39 is 8.65 Å². The van der Waals surface area contributed by atoms with Crippen LogP contribution in [-0.2, 0) is 9.59 Å². The van der Waals surface area contributed by atoms with Crippen LogP contribution >= 0.6 is 31.9 Å². The molecule has 0 heterocycles. The van der Waals surface area contributed by atoms with E-state index in [0.717, 1.165) is 6.42 Å². The quantitative estimate of drug-likeness (QED) is 0.641. The molecule has 0 N–H and O–H groups in total. The van der Waals surface area contributed by atoms with E-state index in [-0.39, 0.29) is 11.8 Å². The first-order valence-corrected chi connectivity index (χ1v) is 6.50. The van der Waals surface area contributed by atoms with Gasteiger partial charge in [-0.3, -0.25) is 9.59 Å². The summed E-state index contributed by atoms with van der Waals surface area (Å²) in [5.41, 5.74) is 0. The fourth-order valence-corrected chi connectivity index (χ4v) is 6.15. The third-order valence-corrected chi connectivity index (χ3v) is 5.88. The predicted molar refractivity (Wildman–Crippen MR) is 58.8 cm³/mol. The summed E-state index contributed by atoms with van der Waals surface area (Å²) in [7, 11) is 0. The molecule has 4 fully saturated rings. The largest absolute Gasteiger partial charge is 0.298 e. The molecule has 4 atom stereocenters. The Hall–Kier alpha value is 0.300. The lowest BCUT2D eigenvalue weighted by molar-refractivity contribution is -0.145. The van der Waals surface area contributed by atoms with Crippen molar-refractivity contribution in [3.8, 4) is 0 Å². The van der Waals surface area contributed by atoms with Crippen molar-refractivity contribution < 1.29 is 9.59 Å². The molecule has 0 amide bonds. The average Bonchev–Trinajstić information content (AvgIpc) is 2.06. The molecular formula is C10H10Br2O2. The average molecular weight is 322 g/mol. The van der Waals surface area contributed by atoms with E-state index in [1.54, 1.807) is 0 Å². The van der Waals surface area contributed by atoms with Gasteiger partial charge in [0.25, 0.3) is 0 Å². The molecule has 4 rings (SSSR count). The smallest absolute Gasteiger partial charge is 0.152 e. The first kappa shape index (κ1) is 9.52. The van der Waals surface area contributed by atoms with Gasteiger partial charge in [-0.2, -0.15) is 0 Å². The molecule has 0 aliphatic heterocycles. The highest BCUT2D eigenvalue weighted by molar-refractivity contribution is 9.11. The van der Waals surface area contributed by atoms with Gasteiger partial charge in [0.15, 0.2) is 11.6 Å². The van der Waals surface area contributed by atoms with Crippen LogP contribution in [0.5, 0.6) is 0 Å². The summed E-state index contributed by atoms with van der Waals surface area (Å²) < 4.78 is -0.785. The number of rotatable bonds is 0. The minimum atomic E-state index is -0.393. The highest BCUT2D eigenvalue weighted by Gasteiger charge is 2.65. The Morgan fingerprint density at radius 1 is 1.00 bits per heavy atom. The Morgan fingerprint density at radius 2 is 1.43 bits per heavy atom. The molecule has 0 unspecified atom stereocenters. The fraction of sp³-hybridized carbons (Fsp3) is 0.800. The van der Waals surface area contributed by atoms with E-state index >= 15 is 0 Å². The van der Waals surface area contributed by atoms with E-state index in [2.05, 4.69) is 31.9 Å². The molecule has 0 radical (unpaired) electrons. The molecule has 76 valence electrons. The third-order valence-electron chi connectivity index (χ3n) is 3.89. The minimum Gasteiger partial charge on any atom is -0.298 e. The number of ketones is 2. The topological polar surface area (TPSA) is 34.1 Å². The van der Waals surface area contributed by atoms with Gasteiger partial charge in [-0.1, -0.05) is 31.9 Å². The molecule has 4 bridgehead atoms. The van der Waals surface area contributed by atoms with E-state index in [0.29, 0.717) is 30.8 Å². The number of halogens is 2. The predicted octanol–water partition coefficient (Wildman–Crippen LogP) is 2.23. The molecule has 0 saturated heterocycles. The molecule has 2 nitrogen and oxygen atoms in total. The van der Waals surface area contributed by atoms with Crippen molar-refractivity contribution in [3.63, 3.8) is 0 Å². The normalized spacial score (nSPS) is 55.6. The summed E-state index contributed by atoms with van der Waals surface area (Å²) in [5.74, 6) is 0.880. The van der Waals surface area contributed by atoms with E-state index in [4.69, 9.17) is 0 Å². The van der Waals surface area contributed by atoms with Gasteiger partial charge >= 0.3 is 0 Å². The van der Waals surface area contributed by atoms with Crippen LogP contribution in [0, 0.1) is 11.8 Å². The summed E-state index contributed by atoms with van der Waals surface area (Å²) in [6.07, 6.45) is 2.87. The van der Waals surface area contributed by atoms with Gasteiger partial charge in [0.1, 0.15) is 0 Å². The van der Waals surface area contributed by atoms with E-state index in [1.165, 1.54) is 0 Å². The van der Waals surface area contributed by atoms with Crippen molar-refractivity contribution in [1.82, 2.24) is 0 Å². The maximum Gasteiger partial charge on any atom is 0.152 e. The van der Waals surface area contributed by atoms with Crippen LogP contribution in [0.3, 0.4) is 0 Å². The van der Waals surface area contributed by atoms with Crippen molar-refractivity contribution in [3.05, 3.63) is 0 Å². The molecule has 0 aromatic heterocycles. The van der Waals surface area contributed by atoms with Gasteiger partial charge in [-0.15, -0.1) is 0 Å². The number of alkyl halides is 2. The second-order valence-electron chi connectivity index (χ2n) is 4.87. The molecule has 4 aliphatic carbocycles. The van der Waals surface area contributed by atoms with Crippen molar-refractivity contribution in [2.75, 3.05) is 0 Å². The zero-order valence-electron chi connectivity index (χ0n) is 7.56. The van der Waals surface area contributed by atoms with E-state index in [1.807, 2.05) is 0 Å². The third kappa shape index (κ3) is 0.967. The summed E-state index contributed by atoms with van der Waals surface area (Å²) in [5, 5.41) is 0. The van der Waals surface area contributed by atoms with Crippen molar-refractivity contribution >= 4 is 43.4 Å². The van der Waals surface area contributed by atoms with Crippen molar-refractivity contribution in [2.45, 2.75) is 34.3 Å². The summed E-state index contributed by atoms with van der Waals surface area (Å²) in [4.78, 5) is 23.9. The molecule has 0 aromatic rings. The summed E-state index contributed by atoms with van der Waals surface area (Å²) >= 11 is 7.11. The molecule has 4 aliphatic rings.